The first-order valence-electron chi connectivity index (χ1n) is 9.07. The van der Waals surface area contributed by atoms with E-state index in [9.17, 15) is 4.79 Å². The van der Waals surface area contributed by atoms with Gasteiger partial charge >= 0.3 is 0 Å². The highest BCUT2D eigenvalue weighted by atomic mass is 16.1. The van der Waals surface area contributed by atoms with Gasteiger partial charge in [-0.05, 0) is 19.0 Å². The number of benzene rings is 1. The van der Waals surface area contributed by atoms with E-state index in [1.807, 2.05) is 37.3 Å². The second-order valence-corrected chi connectivity index (χ2v) is 6.79. The fourth-order valence-electron chi connectivity index (χ4n) is 3.19. The van der Waals surface area contributed by atoms with Crippen LogP contribution in [0, 0.1) is 5.92 Å². The molecule has 3 atom stereocenters. The van der Waals surface area contributed by atoms with Crippen LogP contribution in [-0.2, 0) is 4.79 Å². The van der Waals surface area contributed by atoms with Crippen molar-refractivity contribution in [1.82, 2.24) is 15.1 Å². The molecule has 5 nitrogen and oxygen atoms in total. The van der Waals surface area contributed by atoms with Gasteiger partial charge in [0.25, 0.3) is 0 Å². The van der Waals surface area contributed by atoms with Crippen LogP contribution in [-0.4, -0.2) is 61.0 Å². The predicted octanol–water partition coefficient (Wildman–Crippen LogP) is 1.46. The maximum absolute atomic E-state index is 12.4. The molecule has 0 aliphatic carbocycles. The van der Waals surface area contributed by atoms with Crippen LogP contribution in [0.2, 0.25) is 0 Å². The normalized spacial score (nSPS) is 20.3. The van der Waals surface area contributed by atoms with Crippen molar-refractivity contribution in [3.63, 3.8) is 0 Å². The number of nitrogens with one attached hydrogen (secondary N) is 1. The van der Waals surface area contributed by atoms with Crippen molar-refractivity contribution in [2.24, 2.45) is 11.7 Å². The van der Waals surface area contributed by atoms with Crippen LogP contribution in [0.1, 0.15) is 32.4 Å². The van der Waals surface area contributed by atoms with Crippen LogP contribution < -0.4 is 11.1 Å². The van der Waals surface area contributed by atoms with E-state index < -0.39 is 0 Å². The Kier molecular flexibility index (Phi) is 7.21. The SMILES string of the molecule is CCN1CCN(C(C)CNC(=O)C(C)C(N)c2ccccc2)CC1. The molecular formula is C19H32N4O. The highest BCUT2D eigenvalue weighted by Gasteiger charge is 2.24. The van der Waals surface area contributed by atoms with Gasteiger partial charge in [-0.2, -0.15) is 0 Å². The highest BCUT2D eigenvalue weighted by Crippen LogP contribution is 2.19. The van der Waals surface area contributed by atoms with Crippen molar-refractivity contribution in [3.8, 4) is 0 Å². The Bertz CT molecular complexity index is 499. The predicted molar refractivity (Wildman–Crippen MR) is 98.7 cm³/mol. The van der Waals surface area contributed by atoms with Gasteiger partial charge in [-0.1, -0.05) is 44.2 Å². The summed E-state index contributed by atoms with van der Waals surface area (Å²) in [7, 11) is 0. The molecule has 1 aromatic rings. The minimum absolute atomic E-state index is 0.0328. The summed E-state index contributed by atoms with van der Waals surface area (Å²) in [6.45, 7) is 12.5. The van der Waals surface area contributed by atoms with Crippen LogP contribution >= 0.6 is 0 Å². The summed E-state index contributed by atoms with van der Waals surface area (Å²) in [5.41, 5.74) is 7.25. The molecule has 1 saturated heterocycles. The monoisotopic (exact) mass is 332 g/mol. The molecule has 24 heavy (non-hydrogen) atoms. The van der Waals surface area contributed by atoms with Crippen molar-refractivity contribution in [2.75, 3.05) is 39.3 Å². The van der Waals surface area contributed by atoms with Gasteiger partial charge in [0.05, 0.1) is 5.92 Å². The van der Waals surface area contributed by atoms with Gasteiger partial charge in [0.15, 0.2) is 0 Å². The van der Waals surface area contributed by atoms with Gasteiger partial charge < -0.3 is 16.0 Å². The maximum Gasteiger partial charge on any atom is 0.224 e. The molecule has 1 amide bonds. The molecular weight excluding hydrogens is 300 g/mol. The van der Waals surface area contributed by atoms with Crippen molar-refractivity contribution in [1.29, 1.82) is 0 Å². The van der Waals surface area contributed by atoms with Gasteiger partial charge in [0.2, 0.25) is 5.91 Å². The highest BCUT2D eigenvalue weighted by molar-refractivity contribution is 5.79. The number of nitrogens with two attached hydrogens (primary N) is 1. The molecule has 2 rings (SSSR count). The lowest BCUT2D eigenvalue weighted by atomic mass is 9.94. The van der Waals surface area contributed by atoms with Crippen LogP contribution in [0.5, 0.6) is 0 Å². The lowest BCUT2D eigenvalue weighted by Crippen LogP contribution is -2.52. The van der Waals surface area contributed by atoms with E-state index >= 15 is 0 Å². The smallest absolute Gasteiger partial charge is 0.224 e. The average Bonchev–Trinajstić information content (AvgIpc) is 2.65. The van der Waals surface area contributed by atoms with Crippen LogP contribution in [0.25, 0.3) is 0 Å². The van der Waals surface area contributed by atoms with Gasteiger partial charge in [0.1, 0.15) is 0 Å². The molecule has 0 spiro atoms. The lowest BCUT2D eigenvalue weighted by Gasteiger charge is -2.37. The number of likely N-dealkylation sites (N-methyl/N-ethyl adjacent to an activating group) is 1. The summed E-state index contributed by atoms with van der Waals surface area (Å²) in [5, 5.41) is 3.08. The Morgan fingerprint density at radius 3 is 2.38 bits per heavy atom. The number of hydrogen-bond acceptors (Lipinski definition) is 4. The molecule has 1 aliphatic rings. The molecule has 134 valence electrons. The summed E-state index contributed by atoms with van der Waals surface area (Å²) in [6.07, 6.45) is 0. The van der Waals surface area contributed by atoms with Crippen LogP contribution in [0.4, 0.5) is 0 Å². The Labute approximate surface area is 146 Å². The molecule has 0 radical (unpaired) electrons. The van der Waals surface area contributed by atoms with Crippen molar-refractivity contribution in [3.05, 3.63) is 35.9 Å². The lowest BCUT2D eigenvalue weighted by molar-refractivity contribution is -0.125. The van der Waals surface area contributed by atoms with E-state index in [1.165, 1.54) is 0 Å². The molecule has 1 fully saturated rings. The number of amides is 1. The summed E-state index contributed by atoms with van der Waals surface area (Å²) in [6, 6.07) is 9.91. The zero-order chi connectivity index (χ0) is 17.5. The molecule has 1 heterocycles. The fraction of sp³-hybridized carbons (Fsp3) is 0.632. The van der Waals surface area contributed by atoms with E-state index in [4.69, 9.17) is 5.73 Å². The number of hydrogen-bond donors (Lipinski definition) is 2. The number of piperazine rings is 1. The minimum atomic E-state index is -0.269. The first-order chi connectivity index (χ1) is 11.5. The fourth-order valence-corrected chi connectivity index (χ4v) is 3.19. The molecule has 1 aliphatic heterocycles. The van der Waals surface area contributed by atoms with Crippen molar-refractivity contribution in [2.45, 2.75) is 32.9 Å². The summed E-state index contributed by atoms with van der Waals surface area (Å²) < 4.78 is 0. The summed E-state index contributed by atoms with van der Waals surface area (Å²) in [4.78, 5) is 17.3. The number of carbonyl (C=O) groups excluding carboxylic acids is 1. The molecule has 0 aromatic heterocycles. The zero-order valence-electron chi connectivity index (χ0n) is 15.2. The quantitative estimate of drug-likeness (QED) is 0.794. The van der Waals surface area contributed by atoms with Gasteiger partial charge in [-0.3, -0.25) is 9.69 Å². The van der Waals surface area contributed by atoms with E-state index in [2.05, 4.69) is 29.0 Å². The van der Waals surface area contributed by atoms with Gasteiger partial charge in [-0.25, -0.2) is 0 Å². The molecule has 3 unspecified atom stereocenters. The number of nitrogens with zero attached hydrogens (tertiary/aromatic N) is 2. The third-order valence-corrected chi connectivity index (χ3v) is 5.19. The van der Waals surface area contributed by atoms with Crippen LogP contribution in [0.15, 0.2) is 30.3 Å². The van der Waals surface area contributed by atoms with E-state index in [0.29, 0.717) is 12.6 Å². The first-order valence-corrected chi connectivity index (χ1v) is 9.07. The van der Waals surface area contributed by atoms with E-state index in [1.54, 1.807) is 0 Å². The van der Waals surface area contributed by atoms with Crippen LogP contribution in [0.3, 0.4) is 0 Å². The zero-order valence-corrected chi connectivity index (χ0v) is 15.2. The molecule has 0 bridgehead atoms. The Hall–Kier alpha value is -1.43. The largest absolute Gasteiger partial charge is 0.354 e. The molecule has 3 N–H and O–H groups in total. The minimum Gasteiger partial charge on any atom is -0.354 e. The standard InChI is InChI=1S/C19H32N4O/c1-4-22-10-12-23(13-11-22)15(2)14-21-19(24)16(3)18(20)17-8-6-5-7-9-17/h5-9,15-16,18H,4,10-14,20H2,1-3H3,(H,21,24). The van der Waals surface area contributed by atoms with Gasteiger partial charge in [-0.15, -0.1) is 0 Å². The molecule has 5 heteroatoms. The molecule has 1 aromatic carbocycles. The third kappa shape index (κ3) is 5.03. The van der Waals surface area contributed by atoms with E-state index in [-0.39, 0.29) is 17.9 Å². The number of carbonyl (C=O) groups is 1. The Balaban J connectivity index is 1.78. The summed E-state index contributed by atoms with van der Waals surface area (Å²) >= 11 is 0. The Morgan fingerprint density at radius 2 is 1.79 bits per heavy atom. The average molecular weight is 332 g/mol. The topological polar surface area (TPSA) is 61.6 Å². The van der Waals surface area contributed by atoms with Gasteiger partial charge in [0, 0.05) is 44.8 Å². The Morgan fingerprint density at radius 1 is 1.17 bits per heavy atom. The van der Waals surface area contributed by atoms with E-state index in [0.717, 1.165) is 38.3 Å². The summed E-state index contributed by atoms with van der Waals surface area (Å²) in [5.74, 6) is -0.207. The van der Waals surface area contributed by atoms with Crippen molar-refractivity contribution >= 4 is 5.91 Å². The van der Waals surface area contributed by atoms with Crippen molar-refractivity contribution < 1.29 is 4.79 Å². The molecule has 0 saturated carbocycles. The second-order valence-electron chi connectivity index (χ2n) is 6.79. The first kappa shape index (κ1) is 18.9. The maximum atomic E-state index is 12.4. The third-order valence-electron chi connectivity index (χ3n) is 5.19. The number of rotatable bonds is 7. The second kappa shape index (κ2) is 9.16.